The van der Waals surface area contributed by atoms with Crippen molar-refractivity contribution in [3.63, 3.8) is 0 Å². The molecule has 1 aromatic carbocycles. The van der Waals surface area contributed by atoms with E-state index in [-0.39, 0.29) is 11.0 Å². The maximum Gasteiger partial charge on any atom is 0.240 e. The number of hydrogen-bond donors (Lipinski definition) is 3. The van der Waals surface area contributed by atoms with Crippen molar-refractivity contribution in [2.24, 2.45) is 10.7 Å². The molecule has 168 valence electrons. The number of hydrogen-bond acceptors (Lipinski definition) is 6. The molecule has 2 aliphatic rings. The number of ether oxygens (including phenoxy) is 2. The average molecular weight is 440 g/mol. The summed E-state index contributed by atoms with van der Waals surface area (Å²) in [6.45, 7) is 6.77. The standard InChI is InChI=1S/C20H33N5O4S/c21-20(22-8-2-9-25-10-13-28-14-11-25)23-15-17-4-6-19(7-5-17)30(26,27)24-16-18-3-1-12-29-18/h4-7,18,24H,1-3,8-16H2,(H3,21,22,23). The molecule has 1 aromatic rings. The number of sulfonamides is 1. The summed E-state index contributed by atoms with van der Waals surface area (Å²) in [5.41, 5.74) is 6.82. The molecule has 2 saturated heterocycles. The van der Waals surface area contributed by atoms with Gasteiger partial charge >= 0.3 is 0 Å². The molecule has 1 unspecified atom stereocenters. The van der Waals surface area contributed by atoms with E-state index in [2.05, 4.69) is 19.9 Å². The second-order valence-electron chi connectivity index (χ2n) is 7.57. The third-order valence-electron chi connectivity index (χ3n) is 5.25. The van der Waals surface area contributed by atoms with Gasteiger partial charge in [-0.25, -0.2) is 18.1 Å². The van der Waals surface area contributed by atoms with E-state index in [0.717, 1.165) is 64.2 Å². The zero-order chi connectivity index (χ0) is 21.2. The Morgan fingerprint density at radius 2 is 1.97 bits per heavy atom. The molecule has 0 aromatic heterocycles. The molecule has 30 heavy (non-hydrogen) atoms. The molecule has 0 spiro atoms. The van der Waals surface area contributed by atoms with Gasteiger partial charge in [0.1, 0.15) is 0 Å². The molecule has 0 radical (unpaired) electrons. The number of morpholine rings is 1. The lowest BCUT2D eigenvalue weighted by molar-refractivity contribution is 0.0376. The Morgan fingerprint density at radius 3 is 2.67 bits per heavy atom. The number of guanidine groups is 1. The fourth-order valence-electron chi connectivity index (χ4n) is 3.44. The van der Waals surface area contributed by atoms with Crippen molar-refractivity contribution in [3.05, 3.63) is 29.8 Å². The maximum atomic E-state index is 12.4. The largest absolute Gasteiger partial charge is 0.379 e. The van der Waals surface area contributed by atoms with Crippen LogP contribution in [0, 0.1) is 0 Å². The summed E-state index contributed by atoms with van der Waals surface area (Å²) in [7, 11) is -3.53. The van der Waals surface area contributed by atoms with Crippen LogP contribution >= 0.6 is 0 Å². The van der Waals surface area contributed by atoms with E-state index in [1.54, 1.807) is 24.3 Å². The molecule has 9 nitrogen and oxygen atoms in total. The van der Waals surface area contributed by atoms with Crippen LogP contribution in [0.3, 0.4) is 0 Å². The molecule has 0 saturated carbocycles. The van der Waals surface area contributed by atoms with Crippen molar-refractivity contribution >= 4 is 16.0 Å². The molecule has 3 rings (SSSR count). The Morgan fingerprint density at radius 1 is 1.20 bits per heavy atom. The van der Waals surface area contributed by atoms with Gasteiger partial charge in [-0.15, -0.1) is 0 Å². The van der Waals surface area contributed by atoms with Crippen LogP contribution in [0.15, 0.2) is 34.2 Å². The predicted molar refractivity (Wildman–Crippen MR) is 116 cm³/mol. The Bertz CT molecular complexity index is 773. The highest BCUT2D eigenvalue weighted by Gasteiger charge is 2.20. The van der Waals surface area contributed by atoms with Crippen LogP contribution in [0.4, 0.5) is 0 Å². The van der Waals surface area contributed by atoms with Gasteiger partial charge in [-0.2, -0.15) is 0 Å². The fraction of sp³-hybridized carbons (Fsp3) is 0.650. The molecule has 10 heteroatoms. The number of nitrogens with one attached hydrogen (secondary N) is 2. The molecular weight excluding hydrogens is 406 g/mol. The van der Waals surface area contributed by atoms with Gasteiger partial charge in [-0.3, -0.25) is 4.90 Å². The van der Waals surface area contributed by atoms with Crippen LogP contribution in [0.1, 0.15) is 24.8 Å². The van der Waals surface area contributed by atoms with E-state index in [9.17, 15) is 8.42 Å². The lowest BCUT2D eigenvalue weighted by Gasteiger charge is -2.26. The summed E-state index contributed by atoms with van der Waals surface area (Å²) in [6, 6.07) is 6.70. The second kappa shape index (κ2) is 11.6. The molecule has 2 heterocycles. The van der Waals surface area contributed by atoms with Crippen LogP contribution in [0.2, 0.25) is 0 Å². The normalized spacial score (nSPS) is 21.1. The van der Waals surface area contributed by atoms with Gasteiger partial charge in [0.2, 0.25) is 10.0 Å². The summed E-state index contributed by atoms with van der Waals surface area (Å²) >= 11 is 0. The summed E-state index contributed by atoms with van der Waals surface area (Å²) < 4.78 is 38.2. The van der Waals surface area contributed by atoms with Crippen LogP contribution in [0.5, 0.6) is 0 Å². The maximum absolute atomic E-state index is 12.4. The first-order chi connectivity index (χ1) is 14.5. The topological polar surface area (TPSA) is 118 Å². The van der Waals surface area contributed by atoms with E-state index < -0.39 is 10.0 Å². The lowest BCUT2D eigenvalue weighted by atomic mass is 10.2. The van der Waals surface area contributed by atoms with E-state index >= 15 is 0 Å². The number of nitrogens with zero attached hydrogens (tertiary/aromatic N) is 2. The van der Waals surface area contributed by atoms with Gasteiger partial charge in [0.25, 0.3) is 0 Å². The van der Waals surface area contributed by atoms with Crippen molar-refractivity contribution in [2.75, 3.05) is 52.5 Å². The van der Waals surface area contributed by atoms with E-state index in [1.165, 1.54) is 0 Å². The lowest BCUT2D eigenvalue weighted by Crippen LogP contribution is -2.39. The first-order valence-corrected chi connectivity index (χ1v) is 12.1. The minimum absolute atomic E-state index is 0.0299. The van der Waals surface area contributed by atoms with E-state index in [1.807, 2.05) is 0 Å². The predicted octanol–water partition coefficient (Wildman–Crippen LogP) is 0.271. The van der Waals surface area contributed by atoms with Crippen molar-refractivity contribution in [1.29, 1.82) is 0 Å². The van der Waals surface area contributed by atoms with Crippen molar-refractivity contribution in [3.8, 4) is 0 Å². The number of nitrogens with two attached hydrogens (primary N) is 1. The summed E-state index contributed by atoms with van der Waals surface area (Å²) in [5, 5.41) is 3.12. The van der Waals surface area contributed by atoms with Crippen LogP contribution in [-0.2, 0) is 26.0 Å². The van der Waals surface area contributed by atoms with Crippen LogP contribution < -0.4 is 15.8 Å². The van der Waals surface area contributed by atoms with E-state index in [4.69, 9.17) is 15.2 Å². The molecule has 2 fully saturated rings. The third-order valence-corrected chi connectivity index (χ3v) is 6.69. The van der Waals surface area contributed by atoms with Gasteiger partial charge in [0.15, 0.2) is 5.96 Å². The highest BCUT2D eigenvalue weighted by Crippen LogP contribution is 2.14. The minimum atomic E-state index is -3.53. The summed E-state index contributed by atoms with van der Waals surface area (Å²) in [4.78, 5) is 6.94. The van der Waals surface area contributed by atoms with Gasteiger partial charge in [-0.1, -0.05) is 12.1 Å². The summed E-state index contributed by atoms with van der Waals surface area (Å²) in [5.74, 6) is 0.395. The van der Waals surface area contributed by atoms with E-state index in [0.29, 0.717) is 25.7 Å². The van der Waals surface area contributed by atoms with Crippen LogP contribution in [0.25, 0.3) is 0 Å². The molecule has 0 bridgehead atoms. The number of rotatable bonds is 10. The first-order valence-electron chi connectivity index (χ1n) is 10.6. The molecule has 4 N–H and O–H groups in total. The zero-order valence-electron chi connectivity index (χ0n) is 17.4. The fourth-order valence-corrected chi connectivity index (χ4v) is 4.51. The Balaban J connectivity index is 1.38. The Kier molecular flexibility index (Phi) is 8.88. The van der Waals surface area contributed by atoms with Gasteiger partial charge in [0.05, 0.1) is 30.8 Å². The van der Waals surface area contributed by atoms with Crippen molar-refractivity contribution < 1.29 is 17.9 Å². The second-order valence-corrected chi connectivity index (χ2v) is 9.33. The highest BCUT2D eigenvalue weighted by molar-refractivity contribution is 7.89. The molecule has 1 atom stereocenters. The average Bonchev–Trinajstić information content (AvgIpc) is 3.29. The SMILES string of the molecule is NC(=NCc1ccc(S(=O)(=O)NCC2CCCO2)cc1)NCCCN1CCOCC1. The zero-order valence-corrected chi connectivity index (χ0v) is 18.2. The van der Waals surface area contributed by atoms with Gasteiger partial charge in [-0.05, 0) is 43.5 Å². The minimum Gasteiger partial charge on any atom is -0.379 e. The Labute approximate surface area is 179 Å². The number of aliphatic imine (C=N–C) groups is 1. The van der Waals surface area contributed by atoms with Gasteiger partial charge in [0, 0.05) is 32.8 Å². The molecule has 0 aliphatic carbocycles. The quantitative estimate of drug-likeness (QED) is 0.272. The summed E-state index contributed by atoms with van der Waals surface area (Å²) in [6.07, 6.45) is 2.83. The van der Waals surface area contributed by atoms with Crippen LogP contribution in [-0.4, -0.2) is 77.9 Å². The number of benzene rings is 1. The van der Waals surface area contributed by atoms with Gasteiger partial charge < -0.3 is 20.5 Å². The molecular formula is C20H33N5O4S. The highest BCUT2D eigenvalue weighted by atomic mass is 32.2. The smallest absolute Gasteiger partial charge is 0.240 e. The van der Waals surface area contributed by atoms with Crippen molar-refractivity contribution in [2.45, 2.75) is 36.8 Å². The third kappa shape index (κ3) is 7.51. The van der Waals surface area contributed by atoms with Crippen molar-refractivity contribution in [1.82, 2.24) is 14.9 Å². The molecule has 0 amide bonds. The molecule has 2 aliphatic heterocycles. The Hall–Kier alpha value is -1.72. The monoisotopic (exact) mass is 439 g/mol. The first kappa shape index (κ1) is 23.0.